The number of carboxylic acid groups (broad SMARTS) is 1. The Morgan fingerprint density at radius 1 is 1.50 bits per heavy atom. The van der Waals surface area contributed by atoms with Crippen LogP contribution < -0.4 is 9.46 Å². The number of hydrogen-bond donors (Lipinski definition) is 2. The van der Waals surface area contributed by atoms with E-state index in [9.17, 15) is 13.2 Å². The summed E-state index contributed by atoms with van der Waals surface area (Å²) in [4.78, 5) is 11.0. The second-order valence-corrected chi connectivity index (χ2v) is 6.95. The van der Waals surface area contributed by atoms with Crippen molar-refractivity contribution in [1.29, 1.82) is 0 Å². The molecule has 1 unspecified atom stereocenters. The molecule has 1 aliphatic heterocycles. The zero-order valence-electron chi connectivity index (χ0n) is 12.2. The molecular weight excluding hydrogens is 310 g/mol. The van der Waals surface area contributed by atoms with Crippen molar-refractivity contribution in [2.45, 2.75) is 12.8 Å². The summed E-state index contributed by atoms with van der Waals surface area (Å²) in [5.41, 5.74) is 0.110. The fourth-order valence-corrected chi connectivity index (χ4v) is 3.84. The van der Waals surface area contributed by atoms with Gasteiger partial charge in [-0.3, -0.25) is 4.72 Å². The van der Waals surface area contributed by atoms with E-state index in [1.165, 1.54) is 25.3 Å². The molecule has 0 radical (unpaired) electrons. The summed E-state index contributed by atoms with van der Waals surface area (Å²) in [6, 6.07) is 4.02. The second kappa shape index (κ2) is 6.97. The number of methoxy groups -OCH3 is 1. The van der Waals surface area contributed by atoms with Crippen molar-refractivity contribution in [3.8, 4) is 5.75 Å². The topological polar surface area (TPSA) is 102 Å². The minimum Gasteiger partial charge on any atom is -0.495 e. The molecule has 0 aliphatic carbocycles. The molecule has 1 fully saturated rings. The molecule has 1 aromatic carbocycles. The first-order chi connectivity index (χ1) is 10.4. The fraction of sp³-hybridized carbons (Fsp3) is 0.500. The third kappa shape index (κ3) is 4.35. The Morgan fingerprint density at radius 3 is 2.86 bits per heavy atom. The van der Waals surface area contributed by atoms with E-state index in [2.05, 4.69) is 4.72 Å². The van der Waals surface area contributed by atoms with Gasteiger partial charge in [0.15, 0.2) is 0 Å². The lowest BCUT2D eigenvalue weighted by Gasteiger charge is -2.22. The van der Waals surface area contributed by atoms with Crippen LogP contribution in [-0.2, 0) is 14.8 Å². The van der Waals surface area contributed by atoms with Gasteiger partial charge in [0.05, 0.1) is 30.7 Å². The lowest BCUT2D eigenvalue weighted by Crippen LogP contribution is -2.28. The summed E-state index contributed by atoms with van der Waals surface area (Å²) in [5, 5.41) is 9.00. The first kappa shape index (κ1) is 16.6. The molecule has 7 nitrogen and oxygen atoms in total. The SMILES string of the molecule is COc1ccc(C(=O)O)cc1NS(=O)(=O)CC1CCCOC1. The molecule has 1 heterocycles. The minimum absolute atomic E-state index is 0.0144. The Morgan fingerprint density at radius 2 is 2.27 bits per heavy atom. The van der Waals surface area contributed by atoms with Gasteiger partial charge in [0.25, 0.3) is 0 Å². The number of rotatable bonds is 6. The van der Waals surface area contributed by atoms with Crippen molar-refractivity contribution in [2.24, 2.45) is 5.92 Å². The summed E-state index contributed by atoms with van der Waals surface area (Å²) in [6.45, 7) is 1.09. The van der Waals surface area contributed by atoms with Crippen LogP contribution >= 0.6 is 0 Å². The summed E-state index contributed by atoms with van der Waals surface area (Å²) in [5.74, 6) is -0.981. The molecule has 2 rings (SSSR count). The highest BCUT2D eigenvalue weighted by Gasteiger charge is 2.23. The number of carboxylic acids is 1. The molecule has 0 aromatic heterocycles. The summed E-state index contributed by atoms with van der Waals surface area (Å²) in [6.07, 6.45) is 1.64. The third-order valence-corrected chi connectivity index (χ3v) is 4.86. The number of carbonyl (C=O) groups is 1. The van der Waals surface area contributed by atoms with E-state index >= 15 is 0 Å². The number of benzene rings is 1. The number of nitrogens with one attached hydrogen (secondary N) is 1. The molecule has 0 saturated carbocycles. The maximum atomic E-state index is 12.2. The van der Waals surface area contributed by atoms with E-state index < -0.39 is 16.0 Å². The Balaban J connectivity index is 2.16. The van der Waals surface area contributed by atoms with Crippen LogP contribution in [0.1, 0.15) is 23.2 Å². The monoisotopic (exact) mass is 329 g/mol. The van der Waals surface area contributed by atoms with Crippen molar-refractivity contribution in [3.63, 3.8) is 0 Å². The van der Waals surface area contributed by atoms with Gasteiger partial charge in [0.1, 0.15) is 5.75 Å². The normalized spacial score (nSPS) is 18.7. The van der Waals surface area contributed by atoms with E-state index in [1.54, 1.807) is 0 Å². The van der Waals surface area contributed by atoms with Crippen molar-refractivity contribution in [3.05, 3.63) is 23.8 Å². The van der Waals surface area contributed by atoms with E-state index in [0.29, 0.717) is 13.2 Å². The van der Waals surface area contributed by atoms with Crippen molar-refractivity contribution >= 4 is 21.7 Å². The highest BCUT2D eigenvalue weighted by molar-refractivity contribution is 7.92. The predicted molar refractivity (Wildman–Crippen MR) is 80.9 cm³/mol. The highest BCUT2D eigenvalue weighted by atomic mass is 32.2. The number of anilines is 1. The van der Waals surface area contributed by atoms with Crippen LogP contribution in [0, 0.1) is 5.92 Å². The molecule has 2 N–H and O–H groups in total. The summed E-state index contributed by atoms with van der Waals surface area (Å²) in [7, 11) is -2.22. The van der Waals surface area contributed by atoms with Gasteiger partial charge < -0.3 is 14.6 Å². The average Bonchev–Trinajstić information content (AvgIpc) is 2.47. The van der Waals surface area contributed by atoms with Crippen molar-refractivity contribution in [2.75, 3.05) is 30.8 Å². The van der Waals surface area contributed by atoms with Gasteiger partial charge in [-0.25, -0.2) is 13.2 Å². The fourth-order valence-electron chi connectivity index (χ4n) is 2.38. The number of aromatic carboxylic acids is 1. The Labute approximate surface area is 129 Å². The zero-order valence-corrected chi connectivity index (χ0v) is 13.1. The molecule has 0 amide bonds. The van der Waals surface area contributed by atoms with Gasteiger partial charge in [-0.1, -0.05) is 0 Å². The van der Waals surface area contributed by atoms with Crippen LogP contribution in [0.3, 0.4) is 0 Å². The maximum absolute atomic E-state index is 12.2. The molecular formula is C14H19NO6S. The maximum Gasteiger partial charge on any atom is 0.335 e. The minimum atomic E-state index is -3.61. The van der Waals surface area contributed by atoms with Gasteiger partial charge in [0.2, 0.25) is 10.0 Å². The molecule has 8 heteroatoms. The quantitative estimate of drug-likeness (QED) is 0.821. The predicted octanol–water partition coefficient (Wildman–Crippen LogP) is 1.56. The Kier molecular flexibility index (Phi) is 5.25. The first-order valence-corrected chi connectivity index (χ1v) is 8.56. The Bertz CT molecular complexity index is 637. The van der Waals surface area contributed by atoms with Crippen molar-refractivity contribution in [1.82, 2.24) is 0 Å². The summed E-state index contributed by atoms with van der Waals surface area (Å²) >= 11 is 0. The number of hydrogen-bond acceptors (Lipinski definition) is 5. The lowest BCUT2D eigenvalue weighted by molar-refractivity contribution is 0.0626. The molecule has 0 bridgehead atoms. The molecule has 0 spiro atoms. The van der Waals surface area contributed by atoms with Crippen LogP contribution in [0.2, 0.25) is 0 Å². The molecule has 1 aromatic rings. The molecule has 1 saturated heterocycles. The van der Waals surface area contributed by atoms with Crippen LogP contribution in [0.4, 0.5) is 5.69 Å². The van der Waals surface area contributed by atoms with Crippen LogP contribution in [0.15, 0.2) is 18.2 Å². The second-order valence-electron chi connectivity index (χ2n) is 5.19. The van der Waals surface area contributed by atoms with Gasteiger partial charge in [-0.15, -0.1) is 0 Å². The largest absolute Gasteiger partial charge is 0.495 e. The van der Waals surface area contributed by atoms with Crippen molar-refractivity contribution < 1.29 is 27.8 Å². The zero-order chi connectivity index (χ0) is 16.2. The van der Waals surface area contributed by atoms with E-state index in [4.69, 9.17) is 14.6 Å². The smallest absolute Gasteiger partial charge is 0.335 e. The lowest BCUT2D eigenvalue weighted by atomic mass is 10.1. The third-order valence-electron chi connectivity index (χ3n) is 3.42. The van der Waals surface area contributed by atoms with Gasteiger partial charge in [0, 0.05) is 6.61 Å². The molecule has 122 valence electrons. The highest BCUT2D eigenvalue weighted by Crippen LogP contribution is 2.27. The molecule has 1 aliphatic rings. The first-order valence-electron chi connectivity index (χ1n) is 6.91. The number of ether oxygens (including phenoxy) is 2. The summed E-state index contributed by atoms with van der Waals surface area (Å²) < 4.78 is 37.3. The Hall–Kier alpha value is -1.80. The van der Waals surface area contributed by atoms with Gasteiger partial charge >= 0.3 is 5.97 Å². The van der Waals surface area contributed by atoms with E-state index in [-0.39, 0.29) is 28.7 Å². The number of sulfonamides is 1. The standard InChI is InChI=1S/C14H19NO6S/c1-20-13-5-4-11(14(16)17)7-12(13)15-22(18,19)9-10-3-2-6-21-8-10/h4-5,7,10,15H,2-3,6,8-9H2,1H3,(H,16,17). The van der Waals surface area contributed by atoms with Gasteiger partial charge in [-0.2, -0.15) is 0 Å². The molecule has 1 atom stereocenters. The van der Waals surface area contributed by atoms with Crippen LogP contribution in [0.25, 0.3) is 0 Å². The van der Waals surface area contributed by atoms with Crippen LogP contribution in [-0.4, -0.2) is 45.6 Å². The van der Waals surface area contributed by atoms with E-state index in [1.807, 2.05) is 0 Å². The molecule has 22 heavy (non-hydrogen) atoms. The average molecular weight is 329 g/mol. The van der Waals surface area contributed by atoms with Gasteiger partial charge in [-0.05, 0) is 37.0 Å². The van der Waals surface area contributed by atoms with Crippen LogP contribution in [0.5, 0.6) is 5.75 Å². The van der Waals surface area contributed by atoms with E-state index in [0.717, 1.165) is 12.8 Å².